The number of rotatable bonds is 7. The molecule has 0 atom stereocenters. The molecule has 0 unspecified atom stereocenters. The predicted octanol–water partition coefficient (Wildman–Crippen LogP) is 5.56. The molecule has 0 N–H and O–H groups in total. The monoisotopic (exact) mass is 295 g/mol. The Kier molecular flexibility index (Phi) is 6.53. The van der Waals surface area contributed by atoms with Crippen molar-refractivity contribution >= 4 is 17.4 Å². The molecule has 0 aliphatic heterocycles. The van der Waals surface area contributed by atoms with Crippen LogP contribution in [0.4, 0.5) is 5.69 Å². The van der Waals surface area contributed by atoms with Gasteiger partial charge in [-0.2, -0.15) is 0 Å². The van der Waals surface area contributed by atoms with Crippen LogP contribution in [0.3, 0.4) is 0 Å². The summed E-state index contributed by atoms with van der Waals surface area (Å²) in [6, 6.07) is 5.65. The first-order valence-corrected chi connectivity index (χ1v) is 8.26. The van der Waals surface area contributed by atoms with Gasteiger partial charge in [-0.15, -0.1) is 11.8 Å². The second-order valence-corrected chi connectivity index (χ2v) is 7.24. The van der Waals surface area contributed by atoms with Gasteiger partial charge in [0.25, 0.3) is 5.69 Å². The zero-order valence-corrected chi connectivity index (χ0v) is 13.8. The molecule has 1 rings (SSSR count). The summed E-state index contributed by atoms with van der Waals surface area (Å²) < 4.78 is 0. The molecule has 112 valence electrons. The van der Waals surface area contributed by atoms with Gasteiger partial charge in [0, 0.05) is 6.07 Å². The smallest absolute Gasteiger partial charge is 0.258 e. The lowest BCUT2D eigenvalue weighted by molar-refractivity contribution is -0.387. The number of nitro groups is 1. The highest BCUT2D eigenvalue weighted by Crippen LogP contribution is 2.34. The first kappa shape index (κ1) is 17.0. The van der Waals surface area contributed by atoms with E-state index in [4.69, 9.17) is 0 Å². The van der Waals surface area contributed by atoms with E-state index in [0.717, 1.165) is 22.6 Å². The minimum atomic E-state index is -0.260. The van der Waals surface area contributed by atoms with Gasteiger partial charge in [-0.05, 0) is 29.2 Å². The maximum Gasteiger partial charge on any atom is 0.283 e. The van der Waals surface area contributed by atoms with E-state index < -0.39 is 0 Å². The molecule has 0 saturated heterocycles. The van der Waals surface area contributed by atoms with Crippen LogP contribution in [0.2, 0.25) is 0 Å². The largest absolute Gasteiger partial charge is 0.283 e. The van der Waals surface area contributed by atoms with E-state index in [-0.39, 0.29) is 16.0 Å². The maximum absolute atomic E-state index is 11.2. The Hall–Kier alpha value is -1.03. The van der Waals surface area contributed by atoms with Gasteiger partial charge in [-0.3, -0.25) is 10.1 Å². The summed E-state index contributed by atoms with van der Waals surface area (Å²) in [6.07, 6.45) is 4.78. The standard InChI is InChI=1S/C16H25NO2S/c1-5-6-7-8-11-20-15-10-9-13(16(2,3)4)12-14(15)17(18)19/h9-10,12H,5-8,11H2,1-4H3. The minimum absolute atomic E-state index is 0.0604. The average Bonchev–Trinajstić information content (AvgIpc) is 2.37. The third-order valence-corrected chi connectivity index (χ3v) is 4.43. The molecule has 0 fully saturated rings. The van der Waals surface area contributed by atoms with E-state index >= 15 is 0 Å². The highest BCUT2D eigenvalue weighted by Gasteiger charge is 2.20. The van der Waals surface area contributed by atoms with Gasteiger partial charge in [0.2, 0.25) is 0 Å². The third-order valence-electron chi connectivity index (χ3n) is 3.28. The number of hydrogen-bond acceptors (Lipinski definition) is 3. The molecule has 4 heteroatoms. The lowest BCUT2D eigenvalue weighted by atomic mass is 9.87. The van der Waals surface area contributed by atoms with Crippen LogP contribution in [0, 0.1) is 10.1 Å². The van der Waals surface area contributed by atoms with Crippen molar-refractivity contribution in [2.24, 2.45) is 0 Å². The second kappa shape index (κ2) is 7.67. The Morgan fingerprint density at radius 1 is 1.20 bits per heavy atom. The van der Waals surface area contributed by atoms with E-state index in [1.807, 2.05) is 12.1 Å². The van der Waals surface area contributed by atoms with Crippen LogP contribution in [0.15, 0.2) is 23.1 Å². The highest BCUT2D eigenvalue weighted by atomic mass is 32.2. The Labute approximate surface area is 126 Å². The third kappa shape index (κ3) is 5.16. The molecule has 1 aromatic rings. The number of thioether (sulfide) groups is 1. The van der Waals surface area contributed by atoms with Crippen molar-refractivity contribution in [3.8, 4) is 0 Å². The maximum atomic E-state index is 11.2. The summed E-state index contributed by atoms with van der Waals surface area (Å²) >= 11 is 1.60. The Morgan fingerprint density at radius 3 is 2.45 bits per heavy atom. The van der Waals surface area contributed by atoms with Crippen molar-refractivity contribution < 1.29 is 4.92 Å². The van der Waals surface area contributed by atoms with Crippen LogP contribution in [-0.2, 0) is 5.41 Å². The summed E-state index contributed by atoms with van der Waals surface area (Å²) in [5, 5.41) is 11.2. The predicted molar refractivity (Wildman–Crippen MR) is 86.7 cm³/mol. The Bertz CT molecular complexity index is 452. The fraction of sp³-hybridized carbons (Fsp3) is 0.625. The van der Waals surface area contributed by atoms with E-state index in [9.17, 15) is 10.1 Å². The first-order valence-electron chi connectivity index (χ1n) is 7.28. The molecule has 0 heterocycles. The highest BCUT2D eigenvalue weighted by molar-refractivity contribution is 7.99. The molecule has 0 aliphatic rings. The van der Waals surface area contributed by atoms with Gasteiger partial charge in [0.15, 0.2) is 0 Å². The van der Waals surface area contributed by atoms with E-state index in [1.54, 1.807) is 17.8 Å². The van der Waals surface area contributed by atoms with Crippen LogP contribution in [0.5, 0.6) is 0 Å². The van der Waals surface area contributed by atoms with Crippen LogP contribution in [0.1, 0.15) is 58.9 Å². The SMILES string of the molecule is CCCCCCSc1ccc(C(C)(C)C)cc1[N+](=O)[O-]. The molecule has 0 aliphatic carbocycles. The molecule has 0 aromatic heterocycles. The second-order valence-electron chi connectivity index (χ2n) is 6.10. The summed E-state index contributed by atoms with van der Waals surface area (Å²) in [4.78, 5) is 11.8. The van der Waals surface area contributed by atoms with Crippen LogP contribution < -0.4 is 0 Å². The van der Waals surface area contributed by atoms with E-state index in [0.29, 0.717) is 0 Å². The van der Waals surface area contributed by atoms with Gasteiger partial charge in [0.05, 0.1) is 9.82 Å². The number of nitro benzene ring substituents is 1. The normalized spacial score (nSPS) is 11.6. The Balaban J connectivity index is 2.78. The topological polar surface area (TPSA) is 43.1 Å². The zero-order chi connectivity index (χ0) is 15.2. The number of benzene rings is 1. The van der Waals surface area contributed by atoms with Crippen molar-refractivity contribution in [3.05, 3.63) is 33.9 Å². The minimum Gasteiger partial charge on any atom is -0.258 e. The van der Waals surface area contributed by atoms with Crippen molar-refractivity contribution in [1.82, 2.24) is 0 Å². The van der Waals surface area contributed by atoms with Crippen molar-refractivity contribution in [2.45, 2.75) is 63.7 Å². The molecular weight excluding hydrogens is 270 g/mol. The molecule has 0 radical (unpaired) electrons. The number of nitrogens with zero attached hydrogens (tertiary/aromatic N) is 1. The van der Waals surface area contributed by atoms with Gasteiger partial charge in [0.1, 0.15) is 0 Å². The van der Waals surface area contributed by atoms with Gasteiger partial charge in [-0.1, -0.05) is 53.0 Å². The summed E-state index contributed by atoms with van der Waals surface area (Å²) in [7, 11) is 0. The van der Waals surface area contributed by atoms with Crippen LogP contribution in [0.25, 0.3) is 0 Å². The summed E-state index contributed by atoms with van der Waals surface area (Å²) in [5.74, 6) is 0.954. The molecule has 0 saturated carbocycles. The van der Waals surface area contributed by atoms with E-state index in [1.165, 1.54) is 19.3 Å². The molecular formula is C16H25NO2S. The molecule has 0 bridgehead atoms. The quantitative estimate of drug-likeness (QED) is 0.286. The molecule has 0 amide bonds. The fourth-order valence-corrected chi connectivity index (χ4v) is 2.97. The summed E-state index contributed by atoms with van der Waals surface area (Å²) in [6.45, 7) is 8.40. The Morgan fingerprint density at radius 2 is 1.90 bits per heavy atom. The van der Waals surface area contributed by atoms with Crippen molar-refractivity contribution in [3.63, 3.8) is 0 Å². The molecule has 0 spiro atoms. The van der Waals surface area contributed by atoms with Gasteiger partial charge >= 0.3 is 0 Å². The lowest BCUT2D eigenvalue weighted by Crippen LogP contribution is -2.11. The van der Waals surface area contributed by atoms with Crippen molar-refractivity contribution in [2.75, 3.05) is 5.75 Å². The first-order chi connectivity index (χ1) is 9.36. The van der Waals surface area contributed by atoms with Crippen molar-refractivity contribution in [1.29, 1.82) is 0 Å². The average molecular weight is 295 g/mol. The molecule has 3 nitrogen and oxygen atoms in total. The zero-order valence-electron chi connectivity index (χ0n) is 12.9. The van der Waals surface area contributed by atoms with Crippen LogP contribution >= 0.6 is 11.8 Å². The lowest BCUT2D eigenvalue weighted by Gasteiger charge is -2.19. The van der Waals surface area contributed by atoms with Crippen LogP contribution in [-0.4, -0.2) is 10.7 Å². The molecule has 1 aromatic carbocycles. The van der Waals surface area contributed by atoms with Gasteiger partial charge < -0.3 is 0 Å². The number of unbranched alkanes of at least 4 members (excludes halogenated alkanes) is 3. The van der Waals surface area contributed by atoms with E-state index in [2.05, 4.69) is 27.7 Å². The summed E-state index contributed by atoms with van der Waals surface area (Å²) in [5.41, 5.74) is 1.20. The van der Waals surface area contributed by atoms with Gasteiger partial charge in [-0.25, -0.2) is 0 Å². The fourth-order valence-electron chi connectivity index (χ4n) is 1.96. The molecule has 20 heavy (non-hydrogen) atoms. The number of hydrogen-bond donors (Lipinski definition) is 0.